The van der Waals surface area contributed by atoms with Gasteiger partial charge >= 0.3 is 5.97 Å². The van der Waals surface area contributed by atoms with Crippen LogP contribution in [0, 0.1) is 0 Å². The third-order valence-corrected chi connectivity index (χ3v) is 3.22. The van der Waals surface area contributed by atoms with Crippen molar-refractivity contribution in [2.75, 3.05) is 20.1 Å². The van der Waals surface area contributed by atoms with E-state index in [9.17, 15) is 14.4 Å². The lowest BCUT2D eigenvalue weighted by Crippen LogP contribution is -2.41. The largest absolute Gasteiger partial charge is 0.480 e. The first kappa shape index (κ1) is 18.4. The number of hydrogen-bond donors (Lipinski definition) is 1. The highest BCUT2D eigenvalue weighted by Gasteiger charge is 2.22. The van der Waals surface area contributed by atoms with Crippen LogP contribution in [-0.4, -0.2) is 58.9 Å². The Bertz CT molecular complexity index is 338. The van der Waals surface area contributed by atoms with E-state index in [0.717, 1.165) is 12.8 Å². The molecule has 0 spiro atoms. The van der Waals surface area contributed by atoms with Gasteiger partial charge in [-0.1, -0.05) is 13.8 Å². The fraction of sp³-hybridized carbons (Fsp3) is 0.786. The number of likely N-dealkylation sites (N-methyl/N-ethyl adjacent to an activating group) is 1. The average molecular weight is 286 g/mol. The van der Waals surface area contributed by atoms with Gasteiger partial charge in [-0.15, -0.1) is 0 Å². The quantitative estimate of drug-likeness (QED) is 0.694. The molecule has 0 saturated heterocycles. The molecule has 20 heavy (non-hydrogen) atoms. The van der Waals surface area contributed by atoms with Gasteiger partial charge in [0.25, 0.3) is 0 Å². The van der Waals surface area contributed by atoms with Gasteiger partial charge in [0, 0.05) is 33.0 Å². The molecule has 0 aliphatic carbocycles. The van der Waals surface area contributed by atoms with E-state index in [1.54, 1.807) is 4.90 Å². The summed E-state index contributed by atoms with van der Waals surface area (Å²) in [5, 5.41) is 8.84. The van der Waals surface area contributed by atoms with Crippen LogP contribution in [0.3, 0.4) is 0 Å². The molecule has 0 aliphatic rings. The molecule has 1 N–H and O–H groups in total. The molecule has 2 amide bonds. The van der Waals surface area contributed by atoms with Crippen LogP contribution < -0.4 is 0 Å². The van der Waals surface area contributed by atoms with Gasteiger partial charge in [0.05, 0.1) is 0 Å². The van der Waals surface area contributed by atoms with Crippen LogP contribution in [0.25, 0.3) is 0 Å². The lowest BCUT2D eigenvalue weighted by atomic mass is 10.2. The van der Waals surface area contributed by atoms with Crippen LogP contribution in [0.4, 0.5) is 0 Å². The Balaban J connectivity index is 4.34. The second kappa shape index (κ2) is 9.34. The number of rotatable bonds is 9. The number of amides is 2. The summed E-state index contributed by atoms with van der Waals surface area (Å²) in [5.74, 6) is -1.41. The number of carbonyl (C=O) groups is 3. The molecule has 1 atom stereocenters. The van der Waals surface area contributed by atoms with Crippen molar-refractivity contribution < 1.29 is 19.5 Å². The van der Waals surface area contributed by atoms with Crippen molar-refractivity contribution in [1.29, 1.82) is 0 Å². The molecule has 0 rings (SSSR count). The topological polar surface area (TPSA) is 77.9 Å². The maximum Gasteiger partial charge on any atom is 0.326 e. The minimum atomic E-state index is -1.05. The number of nitrogens with zero attached hydrogens (tertiary/aromatic N) is 2. The van der Waals surface area contributed by atoms with Crippen LogP contribution in [-0.2, 0) is 14.4 Å². The predicted molar refractivity (Wildman–Crippen MR) is 76.3 cm³/mol. The van der Waals surface area contributed by atoms with E-state index in [1.807, 2.05) is 13.8 Å². The van der Waals surface area contributed by atoms with Crippen LogP contribution in [0.1, 0.15) is 46.5 Å². The maximum atomic E-state index is 12.0. The molecule has 1 unspecified atom stereocenters. The maximum absolute atomic E-state index is 12.0. The second-order valence-corrected chi connectivity index (χ2v) is 4.90. The molecule has 0 aromatic rings. The van der Waals surface area contributed by atoms with Gasteiger partial charge in [0.1, 0.15) is 6.04 Å². The van der Waals surface area contributed by atoms with Crippen LogP contribution in [0.2, 0.25) is 0 Å². The van der Waals surface area contributed by atoms with Crippen molar-refractivity contribution in [2.24, 2.45) is 0 Å². The lowest BCUT2D eigenvalue weighted by Gasteiger charge is -2.23. The highest BCUT2D eigenvalue weighted by molar-refractivity contribution is 5.86. The molecule has 0 aromatic heterocycles. The highest BCUT2D eigenvalue weighted by Crippen LogP contribution is 2.05. The van der Waals surface area contributed by atoms with Gasteiger partial charge in [-0.3, -0.25) is 9.59 Å². The minimum Gasteiger partial charge on any atom is -0.480 e. The molecule has 6 nitrogen and oxygen atoms in total. The molecule has 0 bridgehead atoms. The van der Waals surface area contributed by atoms with E-state index in [2.05, 4.69) is 0 Å². The Morgan fingerprint density at radius 2 is 1.45 bits per heavy atom. The molecule has 0 aliphatic heterocycles. The van der Waals surface area contributed by atoms with Gasteiger partial charge in [0.15, 0.2) is 0 Å². The molecule has 116 valence electrons. The van der Waals surface area contributed by atoms with Crippen molar-refractivity contribution in [3.63, 3.8) is 0 Å². The Morgan fingerprint density at radius 3 is 1.85 bits per heavy atom. The van der Waals surface area contributed by atoms with E-state index in [4.69, 9.17) is 5.11 Å². The molecule has 0 fully saturated rings. The van der Waals surface area contributed by atoms with Crippen LogP contribution in [0.5, 0.6) is 0 Å². The van der Waals surface area contributed by atoms with Crippen LogP contribution in [0.15, 0.2) is 0 Å². The molecule has 0 saturated carbocycles. The lowest BCUT2D eigenvalue weighted by molar-refractivity contribution is -0.148. The van der Waals surface area contributed by atoms with E-state index in [-0.39, 0.29) is 24.7 Å². The normalized spacial score (nSPS) is 11.8. The summed E-state index contributed by atoms with van der Waals surface area (Å²) in [4.78, 5) is 37.5. The van der Waals surface area contributed by atoms with E-state index >= 15 is 0 Å². The number of carbonyl (C=O) groups excluding carboxylic acids is 2. The Kier molecular flexibility index (Phi) is 8.59. The first-order valence-electron chi connectivity index (χ1n) is 7.11. The van der Waals surface area contributed by atoms with Crippen LogP contribution >= 0.6 is 0 Å². The summed E-state index contributed by atoms with van der Waals surface area (Å²) in [7, 11) is 1.45. The zero-order valence-electron chi connectivity index (χ0n) is 12.9. The first-order valence-corrected chi connectivity index (χ1v) is 7.11. The van der Waals surface area contributed by atoms with Gasteiger partial charge in [0.2, 0.25) is 11.8 Å². The third-order valence-electron chi connectivity index (χ3n) is 3.22. The zero-order valence-corrected chi connectivity index (χ0v) is 12.9. The van der Waals surface area contributed by atoms with Crippen molar-refractivity contribution >= 4 is 17.8 Å². The summed E-state index contributed by atoms with van der Waals surface area (Å²) < 4.78 is 0. The molecular formula is C14H26N2O4. The predicted octanol–water partition coefficient (Wildman–Crippen LogP) is 1.35. The zero-order chi connectivity index (χ0) is 15.7. The molecule has 0 radical (unpaired) electrons. The fourth-order valence-electron chi connectivity index (χ4n) is 1.83. The number of carboxylic acid groups (broad SMARTS) is 1. The summed E-state index contributed by atoms with van der Waals surface area (Å²) in [5.41, 5.74) is 0. The van der Waals surface area contributed by atoms with Gasteiger partial charge in [-0.2, -0.15) is 0 Å². The average Bonchev–Trinajstić information content (AvgIpc) is 2.42. The van der Waals surface area contributed by atoms with E-state index in [1.165, 1.54) is 18.9 Å². The van der Waals surface area contributed by atoms with E-state index < -0.39 is 12.0 Å². The molecule has 0 aromatic carbocycles. The summed E-state index contributed by atoms with van der Waals surface area (Å²) >= 11 is 0. The summed E-state index contributed by atoms with van der Waals surface area (Å²) in [6.45, 7) is 6.85. The smallest absolute Gasteiger partial charge is 0.326 e. The monoisotopic (exact) mass is 286 g/mol. The van der Waals surface area contributed by atoms with Crippen molar-refractivity contribution in [2.45, 2.75) is 52.5 Å². The first-order chi connectivity index (χ1) is 9.34. The van der Waals surface area contributed by atoms with Gasteiger partial charge in [-0.05, 0) is 19.8 Å². The highest BCUT2D eigenvalue weighted by atomic mass is 16.4. The Hall–Kier alpha value is -1.59. The number of hydrogen-bond acceptors (Lipinski definition) is 3. The Morgan fingerprint density at radius 1 is 1.00 bits per heavy atom. The van der Waals surface area contributed by atoms with Crippen molar-refractivity contribution in [3.8, 4) is 0 Å². The second-order valence-electron chi connectivity index (χ2n) is 4.90. The van der Waals surface area contributed by atoms with Gasteiger partial charge < -0.3 is 14.9 Å². The number of aliphatic carboxylic acids is 1. The molecule has 0 heterocycles. The summed E-state index contributed by atoms with van der Waals surface area (Å²) in [6, 6.07) is -0.875. The SMILES string of the molecule is CCCN(CCC)C(=O)CCC(=O)N(C)C(C)C(=O)O. The molecule has 6 heteroatoms. The minimum absolute atomic E-state index is 0.0431. The Labute approximate surface area is 120 Å². The third kappa shape index (κ3) is 6.04. The summed E-state index contributed by atoms with van der Waals surface area (Å²) in [6.07, 6.45) is 1.96. The standard InChI is InChI=1S/C14H26N2O4/c1-5-9-16(10-6-2)13(18)8-7-12(17)15(4)11(3)14(19)20/h11H,5-10H2,1-4H3,(H,19,20). The van der Waals surface area contributed by atoms with Crippen molar-refractivity contribution in [3.05, 3.63) is 0 Å². The van der Waals surface area contributed by atoms with Crippen molar-refractivity contribution in [1.82, 2.24) is 9.80 Å². The fourth-order valence-corrected chi connectivity index (χ4v) is 1.83. The van der Waals surface area contributed by atoms with Gasteiger partial charge in [-0.25, -0.2) is 4.79 Å². The van der Waals surface area contributed by atoms with E-state index in [0.29, 0.717) is 13.1 Å². The molecular weight excluding hydrogens is 260 g/mol. The number of carboxylic acids is 1.